The summed E-state index contributed by atoms with van der Waals surface area (Å²) < 4.78 is 0. The van der Waals surface area contributed by atoms with E-state index in [1.165, 1.54) is 51.4 Å². The topological polar surface area (TPSA) is 43.1 Å². The second kappa shape index (κ2) is 15.7. The van der Waals surface area contributed by atoms with Crippen molar-refractivity contribution in [3.05, 3.63) is 0 Å². The van der Waals surface area contributed by atoms with Gasteiger partial charge in [-0.25, -0.2) is 0 Å². The standard InChI is InChI=1S/C17H35NO/c1-2-3-4-5-6-7-8-9-11-14-17(19)15-12-10-13-16-18/h2-16,18H2,1H3. The van der Waals surface area contributed by atoms with Gasteiger partial charge in [0.15, 0.2) is 0 Å². The molecule has 0 radical (unpaired) electrons. The smallest absolute Gasteiger partial charge is 0.132 e. The number of unbranched alkanes of at least 4 members (excludes halogenated alkanes) is 10. The Morgan fingerprint density at radius 2 is 1.11 bits per heavy atom. The van der Waals surface area contributed by atoms with Crippen molar-refractivity contribution in [3.63, 3.8) is 0 Å². The molecule has 19 heavy (non-hydrogen) atoms. The Morgan fingerprint density at radius 3 is 1.58 bits per heavy atom. The van der Waals surface area contributed by atoms with Crippen LogP contribution in [0.2, 0.25) is 0 Å². The summed E-state index contributed by atoms with van der Waals surface area (Å²) >= 11 is 0. The summed E-state index contributed by atoms with van der Waals surface area (Å²) in [5, 5.41) is 0. The van der Waals surface area contributed by atoms with E-state index in [4.69, 9.17) is 5.73 Å². The quantitative estimate of drug-likeness (QED) is 0.425. The molecule has 0 unspecified atom stereocenters. The number of Topliss-reactive ketones (excluding diaryl/α,β-unsaturated/α-hetero) is 1. The highest BCUT2D eigenvalue weighted by Crippen LogP contribution is 2.11. The molecule has 0 aliphatic heterocycles. The summed E-state index contributed by atoms with van der Waals surface area (Å²) in [7, 11) is 0. The van der Waals surface area contributed by atoms with Gasteiger partial charge in [0.2, 0.25) is 0 Å². The van der Waals surface area contributed by atoms with Crippen molar-refractivity contribution in [2.24, 2.45) is 5.73 Å². The lowest BCUT2D eigenvalue weighted by atomic mass is 10.0. The van der Waals surface area contributed by atoms with Crippen molar-refractivity contribution in [3.8, 4) is 0 Å². The Balaban J connectivity index is 3.10. The molecule has 0 aliphatic carbocycles. The van der Waals surface area contributed by atoms with Crippen LogP contribution in [0.1, 0.15) is 96.8 Å². The fraction of sp³-hybridized carbons (Fsp3) is 0.941. The molecule has 0 aromatic heterocycles. The number of ketones is 1. The molecule has 0 bridgehead atoms. The maximum Gasteiger partial charge on any atom is 0.132 e. The minimum atomic E-state index is 0.458. The number of hydrogen-bond donors (Lipinski definition) is 1. The van der Waals surface area contributed by atoms with E-state index in [9.17, 15) is 4.79 Å². The van der Waals surface area contributed by atoms with Crippen molar-refractivity contribution in [2.75, 3.05) is 6.54 Å². The third-order valence-electron chi connectivity index (χ3n) is 3.72. The van der Waals surface area contributed by atoms with E-state index in [1.54, 1.807) is 0 Å². The van der Waals surface area contributed by atoms with Crippen molar-refractivity contribution in [2.45, 2.75) is 96.8 Å². The van der Waals surface area contributed by atoms with Gasteiger partial charge in [0, 0.05) is 12.8 Å². The summed E-state index contributed by atoms with van der Waals surface area (Å²) in [6, 6.07) is 0. The highest BCUT2D eigenvalue weighted by Gasteiger charge is 2.01. The first-order valence-electron chi connectivity index (χ1n) is 8.53. The summed E-state index contributed by atoms with van der Waals surface area (Å²) in [6.45, 7) is 3.01. The third kappa shape index (κ3) is 15.6. The SMILES string of the molecule is CCCCCCCCCCCC(=O)CCCCCN. The van der Waals surface area contributed by atoms with Crippen LogP contribution < -0.4 is 5.73 Å². The van der Waals surface area contributed by atoms with Crippen LogP contribution in [0.15, 0.2) is 0 Å². The molecule has 0 saturated heterocycles. The first-order chi connectivity index (χ1) is 9.31. The van der Waals surface area contributed by atoms with E-state index in [0.29, 0.717) is 5.78 Å². The zero-order valence-electron chi connectivity index (χ0n) is 13.1. The number of carbonyl (C=O) groups excluding carboxylic acids is 1. The van der Waals surface area contributed by atoms with E-state index in [0.717, 1.165) is 45.1 Å². The maximum absolute atomic E-state index is 11.6. The van der Waals surface area contributed by atoms with Crippen LogP contribution in [0.3, 0.4) is 0 Å². The Bertz CT molecular complexity index is 192. The van der Waals surface area contributed by atoms with Gasteiger partial charge in [-0.05, 0) is 25.8 Å². The van der Waals surface area contributed by atoms with E-state index >= 15 is 0 Å². The van der Waals surface area contributed by atoms with E-state index < -0.39 is 0 Å². The first-order valence-corrected chi connectivity index (χ1v) is 8.53. The van der Waals surface area contributed by atoms with Gasteiger partial charge in [-0.3, -0.25) is 4.79 Å². The minimum Gasteiger partial charge on any atom is -0.330 e. The van der Waals surface area contributed by atoms with Crippen LogP contribution >= 0.6 is 0 Å². The monoisotopic (exact) mass is 269 g/mol. The van der Waals surface area contributed by atoms with Crippen molar-refractivity contribution < 1.29 is 4.79 Å². The molecule has 0 heterocycles. The lowest BCUT2D eigenvalue weighted by Crippen LogP contribution is -2.00. The molecule has 0 spiro atoms. The highest BCUT2D eigenvalue weighted by molar-refractivity contribution is 5.78. The number of hydrogen-bond acceptors (Lipinski definition) is 2. The van der Waals surface area contributed by atoms with E-state index in [2.05, 4.69) is 6.92 Å². The first kappa shape index (κ1) is 18.6. The van der Waals surface area contributed by atoms with Gasteiger partial charge in [-0.15, -0.1) is 0 Å². The van der Waals surface area contributed by atoms with Crippen molar-refractivity contribution >= 4 is 5.78 Å². The van der Waals surface area contributed by atoms with Crippen molar-refractivity contribution in [1.82, 2.24) is 0 Å². The number of carbonyl (C=O) groups is 1. The Kier molecular flexibility index (Phi) is 15.4. The Morgan fingerprint density at radius 1 is 0.684 bits per heavy atom. The molecule has 114 valence electrons. The molecule has 0 aromatic rings. The third-order valence-corrected chi connectivity index (χ3v) is 3.72. The Labute approximate surface area is 120 Å². The van der Waals surface area contributed by atoms with Crippen molar-refractivity contribution in [1.29, 1.82) is 0 Å². The van der Waals surface area contributed by atoms with Gasteiger partial charge in [-0.1, -0.05) is 64.7 Å². The molecule has 0 atom stereocenters. The van der Waals surface area contributed by atoms with Gasteiger partial charge in [0.25, 0.3) is 0 Å². The van der Waals surface area contributed by atoms with Gasteiger partial charge in [-0.2, -0.15) is 0 Å². The van der Waals surface area contributed by atoms with Gasteiger partial charge < -0.3 is 5.73 Å². The van der Waals surface area contributed by atoms with Crippen LogP contribution in [0.5, 0.6) is 0 Å². The fourth-order valence-electron chi connectivity index (χ4n) is 2.40. The summed E-state index contributed by atoms with van der Waals surface area (Å²) in [5.74, 6) is 0.458. The summed E-state index contributed by atoms with van der Waals surface area (Å²) in [5.41, 5.74) is 5.43. The number of nitrogens with two attached hydrogens (primary N) is 1. The molecule has 0 aliphatic rings. The zero-order valence-corrected chi connectivity index (χ0v) is 13.1. The fourth-order valence-corrected chi connectivity index (χ4v) is 2.40. The predicted octanol–water partition coefficient (Wildman–Crippen LogP) is 5.00. The van der Waals surface area contributed by atoms with E-state index in [1.807, 2.05) is 0 Å². The molecule has 2 heteroatoms. The minimum absolute atomic E-state index is 0.458. The molecule has 0 rings (SSSR count). The average Bonchev–Trinajstić information content (AvgIpc) is 2.42. The van der Waals surface area contributed by atoms with E-state index in [-0.39, 0.29) is 0 Å². The molecule has 0 amide bonds. The van der Waals surface area contributed by atoms with Crippen LogP contribution in [0.25, 0.3) is 0 Å². The summed E-state index contributed by atoms with van der Waals surface area (Å²) in [6.07, 6.45) is 16.7. The van der Waals surface area contributed by atoms with Gasteiger partial charge in [0.05, 0.1) is 0 Å². The lowest BCUT2D eigenvalue weighted by Gasteiger charge is -2.02. The van der Waals surface area contributed by atoms with Crippen LogP contribution in [-0.4, -0.2) is 12.3 Å². The lowest BCUT2D eigenvalue weighted by molar-refractivity contribution is -0.119. The van der Waals surface area contributed by atoms with Gasteiger partial charge >= 0.3 is 0 Å². The molecule has 0 saturated carbocycles. The summed E-state index contributed by atoms with van der Waals surface area (Å²) in [4.78, 5) is 11.6. The molecule has 2 nitrogen and oxygen atoms in total. The normalized spacial score (nSPS) is 10.8. The largest absolute Gasteiger partial charge is 0.330 e. The predicted molar refractivity (Wildman–Crippen MR) is 84.4 cm³/mol. The molecular formula is C17H35NO. The molecule has 2 N–H and O–H groups in total. The van der Waals surface area contributed by atoms with Crippen LogP contribution in [-0.2, 0) is 4.79 Å². The molecule has 0 aromatic carbocycles. The zero-order chi connectivity index (χ0) is 14.2. The molecular weight excluding hydrogens is 234 g/mol. The second-order valence-electron chi connectivity index (χ2n) is 5.72. The molecule has 0 fully saturated rings. The van der Waals surface area contributed by atoms with Gasteiger partial charge in [0.1, 0.15) is 5.78 Å². The average molecular weight is 269 g/mol. The highest BCUT2D eigenvalue weighted by atomic mass is 16.1. The van der Waals surface area contributed by atoms with Crippen LogP contribution in [0.4, 0.5) is 0 Å². The van der Waals surface area contributed by atoms with Crippen LogP contribution in [0, 0.1) is 0 Å². The maximum atomic E-state index is 11.6. The Hall–Kier alpha value is -0.370. The second-order valence-corrected chi connectivity index (χ2v) is 5.72. The number of rotatable bonds is 15.